The van der Waals surface area contributed by atoms with E-state index in [1.165, 1.54) is 24.3 Å². The maximum atomic E-state index is 17.7. The van der Waals surface area contributed by atoms with Crippen molar-refractivity contribution in [2.75, 3.05) is 9.80 Å². The Morgan fingerprint density at radius 2 is 0.558 bits per heavy atom. The molecular weight excluding hydrogens is 1070 g/mol. The molecule has 14 aromatic carbocycles. The lowest BCUT2D eigenvalue weighted by Gasteiger charge is -2.30. The lowest BCUT2D eigenvalue weighted by molar-refractivity contribution is 0.604. The van der Waals surface area contributed by atoms with E-state index in [-0.39, 0.29) is 22.5 Å². The lowest BCUT2D eigenvalue weighted by atomic mass is 9.91. The average molecular weight is 1120 g/mol. The highest BCUT2D eigenvalue weighted by molar-refractivity contribution is 6.28. The molecule has 0 aromatic heterocycles. The van der Waals surface area contributed by atoms with Crippen LogP contribution in [0.2, 0.25) is 0 Å². The van der Waals surface area contributed by atoms with Crippen molar-refractivity contribution >= 4 is 66.4 Å². The third-order valence-corrected chi connectivity index (χ3v) is 16.1. The molecule has 4 nitrogen and oxygen atoms in total. The lowest BCUT2D eigenvalue weighted by Crippen LogP contribution is -2.14. The maximum absolute atomic E-state index is 17.7. The summed E-state index contributed by atoms with van der Waals surface area (Å²) in [5.74, 6) is -2.68. The third-order valence-electron chi connectivity index (χ3n) is 16.1. The van der Waals surface area contributed by atoms with Gasteiger partial charge in [0.05, 0.1) is 46.0 Å². The number of rotatable bonds is 12. The molecular formula is C78H46F4N4. The summed E-state index contributed by atoms with van der Waals surface area (Å²) in [6.07, 6.45) is 0. The summed E-state index contributed by atoms with van der Waals surface area (Å²) in [4.78, 5) is 3.35. The molecule has 14 aromatic rings. The van der Waals surface area contributed by atoms with Crippen molar-refractivity contribution in [1.29, 1.82) is 10.5 Å². The molecule has 8 heteroatoms. The molecule has 0 aliphatic heterocycles. The molecule has 0 N–H and O–H groups in total. The first kappa shape index (κ1) is 52.5. The summed E-state index contributed by atoms with van der Waals surface area (Å²) < 4.78 is 70.1. The molecule has 0 amide bonds. The fourth-order valence-corrected chi connectivity index (χ4v) is 12.0. The van der Waals surface area contributed by atoms with Gasteiger partial charge in [-0.05, 0) is 186 Å². The third kappa shape index (κ3) is 9.57. The largest absolute Gasteiger partial charge is 0.307 e. The molecule has 0 fully saturated rings. The quantitative estimate of drug-likeness (QED) is 0.0904. The predicted molar refractivity (Wildman–Crippen MR) is 341 cm³/mol. The summed E-state index contributed by atoms with van der Waals surface area (Å²) in [7, 11) is 0. The number of anilines is 6. The first-order valence-electron chi connectivity index (χ1n) is 28.0. The second-order valence-electron chi connectivity index (χ2n) is 21.2. The highest BCUT2D eigenvalue weighted by Gasteiger charge is 2.27. The van der Waals surface area contributed by atoms with Crippen LogP contribution in [-0.2, 0) is 0 Å². The maximum Gasteiger partial charge on any atom is 0.148 e. The molecule has 0 heterocycles. The Morgan fingerprint density at radius 1 is 0.256 bits per heavy atom. The first-order valence-corrected chi connectivity index (χ1v) is 28.0. The minimum absolute atomic E-state index is 0.0646. The van der Waals surface area contributed by atoms with Crippen LogP contribution >= 0.6 is 0 Å². The van der Waals surface area contributed by atoms with Crippen LogP contribution in [0, 0.1) is 45.9 Å². The van der Waals surface area contributed by atoms with Gasteiger partial charge in [0.25, 0.3) is 0 Å². The van der Waals surface area contributed by atoms with Gasteiger partial charge in [-0.15, -0.1) is 0 Å². The van der Waals surface area contributed by atoms with E-state index < -0.39 is 23.3 Å². The summed E-state index contributed by atoms with van der Waals surface area (Å²) in [6.45, 7) is 0. The number of benzene rings is 14. The fourth-order valence-electron chi connectivity index (χ4n) is 12.0. The summed E-state index contributed by atoms with van der Waals surface area (Å²) >= 11 is 0. The van der Waals surface area contributed by atoms with Crippen LogP contribution in [0.25, 0.3) is 99.1 Å². The standard InChI is InChI=1S/C78H46F4N4/c79-69-45-75(71(81)43-67(69)61-39-57(51-13-5-1-6-14-51)37-58(40-61)52-15-7-2-8-16-52)85(63-29-21-49(47-83)22-30-63)73-35-27-55-26-34-66-74(36-28-56-25-33-65(73)77(55)78(56)66)86(64-31-23-50(48-84)24-32-64)76-46-70(80)68(44-72(76)82)62-41-59(53-17-9-3-10-18-53)38-60(42-62)54-19-11-4-12-20-54/h1-46H. The minimum atomic E-state index is -0.691. The zero-order chi connectivity index (χ0) is 58.4. The van der Waals surface area contributed by atoms with E-state index in [0.29, 0.717) is 55.8 Å². The van der Waals surface area contributed by atoms with Crippen molar-refractivity contribution in [3.63, 3.8) is 0 Å². The molecule has 0 aliphatic carbocycles. The van der Waals surface area contributed by atoms with E-state index in [1.54, 1.807) is 58.3 Å². The fraction of sp³-hybridized carbons (Fsp3) is 0. The average Bonchev–Trinajstić information content (AvgIpc) is 0.794. The van der Waals surface area contributed by atoms with Crippen LogP contribution < -0.4 is 9.80 Å². The predicted octanol–water partition coefficient (Wildman–Crippen LogP) is 21.8. The Balaban J connectivity index is 0.928. The molecule has 0 atom stereocenters. The zero-order valence-corrected chi connectivity index (χ0v) is 45.9. The van der Waals surface area contributed by atoms with Crippen LogP contribution in [0.3, 0.4) is 0 Å². The van der Waals surface area contributed by atoms with Crippen molar-refractivity contribution in [2.45, 2.75) is 0 Å². The van der Waals surface area contributed by atoms with Gasteiger partial charge < -0.3 is 9.80 Å². The van der Waals surface area contributed by atoms with Crippen LogP contribution in [0.5, 0.6) is 0 Å². The highest BCUT2D eigenvalue weighted by Crippen LogP contribution is 2.50. The molecule has 86 heavy (non-hydrogen) atoms. The minimum Gasteiger partial charge on any atom is -0.307 e. The van der Waals surface area contributed by atoms with Crippen LogP contribution in [0.1, 0.15) is 11.1 Å². The van der Waals surface area contributed by atoms with Crippen molar-refractivity contribution in [1.82, 2.24) is 0 Å². The topological polar surface area (TPSA) is 54.1 Å². The molecule has 0 saturated heterocycles. The van der Waals surface area contributed by atoms with Gasteiger partial charge in [-0.1, -0.05) is 158 Å². The van der Waals surface area contributed by atoms with Crippen molar-refractivity contribution in [2.24, 2.45) is 0 Å². The normalized spacial score (nSPS) is 11.2. The van der Waals surface area contributed by atoms with Gasteiger partial charge in [0.1, 0.15) is 23.3 Å². The Bertz CT molecular complexity index is 4550. The van der Waals surface area contributed by atoms with Gasteiger partial charge in [0.2, 0.25) is 0 Å². The Kier molecular flexibility index (Phi) is 13.4. The van der Waals surface area contributed by atoms with Gasteiger partial charge in [0.15, 0.2) is 0 Å². The van der Waals surface area contributed by atoms with E-state index in [9.17, 15) is 10.5 Å². The van der Waals surface area contributed by atoms with E-state index in [1.807, 2.05) is 194 Å². The van der Waals surface area contributed by atoms with Crippen molar-refractivity contribution < 1.29 is 17.6 Å². The van der Waals surface area contributed by atoms with Gasteiger partial charge >= 0.3 is 0 Å². The molecule has 0 saturated carbocycles. The molecule has 0 radical (unpaired) electrons. The van der Waals surface area contributed by atoms with Crippen LogP contribution in [0.4, 0.5) is 51.7 Å². The molecule has 0 unspecified atom stereocenters. The van der Waals surface area contributed by atoms with Crippen LogP contribution in [-0.4, -0.2) is 0 Å². The van der Waals surface area contributed by atoms with Gasteiger partial charge in [-0.2, -0.15) is 10.5 Å². The Labute approximate surface area is 494 Å². The van der Waals surface area contributed by atoms with E-state index >= 15 is 17.6 Å². The summed E-state index contributed by atoms with van der Waals surface area (Å²) in [5.41, 5.74) is 10.8. The first-order chi connectivity index (χ1) is 42.2. The smallest absolute Gasteiger partial charge is 0.148 e. The molecule has 0 spiro atoms. The second kappa shape index (κ2) is 22.0. The SMILES string of the molecule is N#Cc1ccc(N(c2cc(F)c(-c3cc(-c4ccccc4)cc(-c4ccccc4)c3)cc2F)c2ccc3ccc4c(N(c5ccc(C#N)cc5)c5cc(F)c(-c6cc(-c7ccccc7)cc(-c7ccccc7)c6)cc5F)ccc5ccc2c3c54)cc1. The molecule has 0 bridgehead atoms. The summed E-state index contributed by atoms with van der Waals surface area (Å²) in [5, 5.41) is 24.4. The van der Waals surface area contributed by atoms with E-state index in [0.717, 1.165) is 66.1 Å². The number of hydrogen-bond donors (Lipinski definition) is 0. The molecule has 14 rings (SSSR count). The van der Waals surface area contributed by atoms with E-state index in [4.69, 9.17) is 0 Å². The zero-order valence-electron chi connectivity index (χ0n) is 45.9. The number of hydrogen-bond acceptors (Lipinski definition) is 4. The Hall–Kier alpha value is -11.6. The van der Waals surface area contributed by atoms with Gasteiger partial charge in [-0.3, -0.25) is 0 Å². The van der Waals surface area contributed by atoms with Crippen molar-refractivity contribution in [3.8, 4) is 78.9 Å². The highest BCUT2D eigenvalue weighted by atomic mass is 19.1. The molecule has 0 aliphatic rings. The van der Waals surface area contributed by atoms with Gasteiger partial charge in [-0.25, -0.2) is 17.6 Å². The number of nitrogens with zero attached hydrogens (tertiary/aromatic N) is 4. The second-order valence-corrected chi connectivity index (χ2v) is 21.2. The Morgan fingerprint density at radius 3 is 0.872 bits per heavy atom. The monoisotopic (exact) mass is 1110 g/mol. The van der Waals surface area contributed by atoms with E-state index in [2.05, 4.69) is 24.3 Å². The van der Waals surface area contributed by atoms with Crippen LogP contribution in [0.15, 0.2) is 279 Å². The van der Waals surface area contributed by atoms with Crippen molar-refractivity contribution in [3.05, 3.63) is 313 Å². The van der Waals surface area contributed by atoms with Gasteiger partial charge in [0, 0.05) is 45.4 Å². The molecule has 406 valence electrons. The summed E-state index contributed by atoms with van der Waals surface area (Å²) in [6, 6.07) is 89.0. The number of nitriles is 2. The number of halogens is 4.